The SMILES string of the molecule is Nc1nc(COC(=O)COc2ccccc2Cl)nc2sc3c(c12)CCCCC3. The van der Waals surface area contributed by atoms with Gasteiger partial charge < -0.3 is 15.2 Å². The maximum absolute atomic E-state index is 12.0. The first-order valence-electron chi connectivity index (χ1n) is 9.21. The van der Waals surface area contributed by atoms with Gasteiger partial charge in [0.2, 0.25) is 0 Å². The Kier molecular flexibility index (Phi) is 5.64. The number of nitrogens with two attached hydrogens (primary N) is 1. The molecule has 0 aliphatic heterocycles. The summed E-state index contributed by atoms with van der Waals surface area (Å²) in [4.78, 5) is 23.1. The Bertz CT molecular complexity index is 1020. The van der Waals surface area contributed by atoms with Crippen molar-refractivity contribution in [2.75, 3.05) is 12.3 Å². The highest BCUT2D eigenvalue weighted by molar-refractivity contribution is 7.19. The van der Waals surface area contributed by atoms with E-state index in [4.69, 9.17) is 26.8 Å². The number of halogens is 1. The molecule has 6 nitrogen and oxygen atoms in total. The van der Waals surface area contributed by atoms with Crippen LogP contribution in [-0.4, -0.2) is 22.5 Å². The van der Waals surface area contributed by atoms with E-state index < -0.39 is 5.97 Å². The third-order valence-corrected chi connectivity index (χ3v) is 6.18. The van der Waals surface area contributed by atoms with Crippen molar-refractivity contribution in [3.05, 3.63) is 45.6 Å². The van der Waals surface area contributed by atoms with Crippen molar-refractivity contribution in [1.82, 2.24) is 9.97 Å². The van der Waals surface area contributed by atoms with Crippen LogP contribution in [0.25, 0.3) is 10.2 Å². The molecule has 8 heteroatoms. The Morgan fingerprint density at radius 2 is 2.00 bits per heavy atom. The zero-order chi connectivity index (χ0) is 19.5. The second kappa shape index (κ2) is 8.32. The fraction of sp³-hybridized carbons (Fsp3) is 0.350. The normalized spacial score (nSPS) is 13.8. The van der Waals surface area contributed by atoms with E-state index in [1.165, 1.54) is 29.7 Å². The zero-order valence-corrected chi connectivity index (χ0v) is 16.8. The van der Waals surface area contributed by atoms with Gasteiger partial charge in [-0.15, -0.1) is 11.3 Å². The number of anilines is 1. The molecule has 4 rings (SSSR count). The number of carbonyl (C=O) groups excluding carboxylic acids is 1. The molecule has 0 radical (unpaired) electrons. The number of rotatable bonds is 5. The van der Waals surface area contributed by atoms with Gasteiger partial charge in [0.15, 0.2) is 19.0 Å². The number of nitrogens with zero attached hydrogens (tertiary/aromatic N) is 2. The van der Waals surface area contributed by atoms with Gasteiger partial charge in [0.25, 0.3) is 0 Å². The van der Waals surface area contributed by atoms with E-state index in [2.05, 4.69) is 9.97 Å². The molecular formula is C20H20ClN3O3S. The molecule has 0 spiro atoms. The van der Waals surface area contributed by atoms with Crippen LogP contribution >= 0.6 is 22.9 Å². The molecule has 1 aliphatic carbocycles. The summed E-state index contributed by atoms with van der Waals surface area (Å²) in [7, 11) is 0. The molecule has 1 aliphatic rings. The molecule has 0 saturated carbocycles. The molecule has 0 bridgehead atoms. The van der Waals surface area contributed by atoms with E-state index in [-0.39, 0.29) is 13.2 Å². The fourth-order valence-corrected chi connectivity index (χ4v) is 4.84. The monoisotopic (exact) mass is 417 g/mol. The molecular weight excluding hydrogens is 398 g/mol. The molecule has 3 aromatic rings. The number of hydrogen-bond donors (Lipinski definition) is 1. The third kappa shape index (κ3) is 4.05. The van der Waals surface area contributed by atoms with Crippen LogP contribution in [0.1, 0.15) is 35.5 Å². The minimum atomic E-state index is -0.524. The standard InChI is InChI=1S/C20H20ClN3O3S/c21-13-7-4-5-8-14(13)26-11-17(25)27-10-16-23-19(22)18-12-6-2-1-3-9-15(12)28-20(18)24-16/h4-5,7-8H,1-3,6,9-11H2,(H2,22,23,24). The lowest BCUT2D eigenvalue weighted by molar-refractivity contribution is -0.147. The number of hydrogen-bond acceptors (Lipinski definition) is 7. The first-order valence-corrected chi connectivity index (χ1v) is 10.4. The first-order chi connectivity index (χ1) is 13.6. The number of ether oxygens (including phenoxy) is 2. The number of aromatic nitrogens is 2. The van der Waals surface area contributed by atoms with E-state index in [0.29, 0.717) is 22.4 Å². The summed E-state index contributed by atoms with van der Waals surface area (Å²) in [6.07, 6.45) is 5.70. The second-order valence-electron chi connectivity index (χ2n) is 6.65. The van der Waals surface area contributed by atoms with Crippen molar-refractivity contribution in [1.29, 1.82) is 0 Å². The number of aryl methyl sites for hydroxylation is 2. The Morgan fingerprint density at radius 3 is 2.86 bits per heavy atom. The molecule has 146 valence electrons. The predicted octanol–water partition coefficient (Wildman–Crippen LogP) is 4.32. The van der Waals surface area contributed by atoms with Gasteiger partial charge in [-0.25, -0.2) is 14.8 Å². The van der Waals surface area contributed by atoms with Gasteiger partial charge in [0.1, 0.15) is 16.4 Å². The minimum Gasteiger partial charge on any atom is -0.480 e. The van der Waals surface area contributed by atoms with Crippen LogP contribution in [0.3, 0.4) is 0 Å². The molecule has 28 heavy (non-hydrogen) atoms. The predicted molar refractivity (Wildman–Crippen MR) is 110 cm³/mol. The Labute approximate surface area is 171 Å². The van der Waals surface area contributed by atoms with Crippen LogP contribution in [0.15, 0.2) is 24.3 Å². The number of fused-ring (bicyclic) bond motifs is 3. The lowest BCUT2D eigenvalue weighted by Crippen LogP contribution is -2.16. The number of para-hydroxylation sites is 1. The largest absolute Gasteiger partial charge is 0.480 e. The average Bonchev–Trinajstić information content (AvgIpc) is 2.87. The van der Waals surface area contributed by atoms with Crippen molar-refractivity contribution in [2.45, 2.75) is 38.7 Å². The average molecular weight is 418 g/mol. The highest BCUT2D eigenvalue weighted by Gasteiger charge is 2.19. The number of nitrogen functional groups attached to an aromatic ring is 1. The lowest BCUT2D eigenvalue weighted by Gasteiger charge is -2.08. The summed E-state index contributed by atoms with van der Waals surface area (Å²) in [5.74, 6) is 0.766. The number of benzene rings is 1. The summed E-state index contributed by atoms with van der Waals surface area (Å²) >= 11 is 7.67. The van der Waals surface area contributed by atoms with E-state index in [0.717, 1.165) is 23.1 Å². The van der Waals surface area contributed by atoms with Crippen LogP contribution in [-0.2, 0) is 29.0 Å². The molecule has 0 unspecified atom stereocenters. The zero-order valence-electron chi connectivity index (χ0n) is 15.2. The molecule has 2 aromatic heterocycles. The van der Waals surface area contributed by atoms with Crippen LogP contribution < -0.4 is 10.5 Å². The van der Waals surface area contributed by atoms with Crippen molar-refractivity contribution >= 4 is 44.9 Å². The van der Waals surface area contributed by atoms with Crippen molar-refractivity contribution in [3.63, 3.8) is 0 Å². The van der Waals surface area contributed by atoms with Crippen molar-refractivity contribution < 1.29 is 14.3 Å². The molecule has 2 N–H and O–H groups in total. The van der Waals surface area contributed by atoms with E-state index >= 15 is 0 Å². The summed E-state index contributed by atoms with van der Waals surface area (Å²) in [6.45, 7) is -0.290. The van der Waals surface area contributed by atoms with Crippen LogP contribution in [0, 0.1) is 0 Å². The highest BCUT2D eigenvalue weighted by Crippen LogP contribution is 2.37. The molecule has 0 saturated heterocycles. The van der Waals surface area contributed by atoms with E-state index in [9.17, 15) is 4.79 Å². The maximum atomic E-state index is 12.0. The Hall–Kier alpha value is -2.38. The fourth-order valence-electron chi connectivity index (χ4n) is 3.36. The third-order valence-electron chi connectivity index (χ3n) is 4.68. The van der Waals surface area contributed by atoms with Gasteiger partial charge in [-0.3, -0.25) is 0 Å². The van der Waals surface area contributed by atoms with Gasteiger partial charge in [-0.05, 0) is 43.4 Å². The smallest absolute Gasteiger partial charge is 0.344 e. The van der Waals surface area contributed by atoms with Crippen LogP contribution in [0.2, 0.25) is 5.02 Å². The van der Waals surface area contributed by atoms with Gasteiger partial charge in [-0.1, -0.05) is 30.2 Å². The van der Waals surface area contributed by atoms with Gasteiger partial charge in [-0.2, -0.15) is 0 Å². The van der Waals surface area contributed by atoms with Crippen molar-refractivity contribution in [3.8, 4) is 5.75 Å². The van der Waals surface area contributed by atoms with Gasteiger partial charge in [0, 0.05) is 4.88 Å². The minimum absolute atomic E-state index is 0.0482. The van der Waals surface area contributed by atoms with E-state index in [1.807, 2.05) is 0 Å². The molecule has 1 aromatic carbocycles. The van der Waals surface area contributed by atoms with Crippen LogP contribution in [0.5, 0.6) is 5.75 Å². The molecule has 2 heterocycles. The number of carbonyl (C=O) groups is 1. The molecule has 0 atom stereocenters. The lowest BCUT2D eigenvalue weighted by atomic mass is 10.1. The Balaban J connectivity index is 1.42. The number of thiophene rings is 1. The van der Waals surface area contributed by atoms with E-state index in [1.54, 1.807) is 35.6 Å². The van der Waals surface area contributed by atoms with Crippen LogP contribution in [0.4, 0.5) is 5.82 Å². The maximum Gasteiger partial charge on any atom is 0.344 e. The number of esters is 1. The Morgan fingerprint density at radius 1 is 1.18 bits per heavy atom. The summed E-state index contributed by atoms with van der Waals surface area (Å²) in [5.41, 5.74) is 7.51. The molecule has 0 amide bonds. The summed E-state index contributed by atoms with van der Waals surface area (Å²) < 4.78 is 10.6. The van der Waals surface area contributed by atoms with Gasteiger partial charge >= 0.3 is 5.97 Å². The first kappa shape index (κ1) is 19.0. The van der Waals surface area contributed by atoms with Gasteiger partial charge in [0.05, 0.1) is 10.4 Å². The topological polar surface area (TPSA) is 87.3 Å². The molecule has 0 fully saturated rings. The summed E-state index contributed by atoms with van der Waals surface area (Å²) in [6, 6.07) is 6.95. The van der Waals surface area contributed by atoms with Crippen molar-refractivity contribution in [2.24, 2.45) is 0 Å². The summed E-state index contributed by atoms with van der Waals surface area (Å²) in [5, 5.41) is 1.41. The quantitative estimate of drug-likeness (QED) is 0.491. The second-order valence-corrected chi connectivity index (χ2v) is 8.14. The highest BCUT2D eigenvalue weighted by atomic mass is 35.5.